The number of carbonyl (C=O) groups is 1. The molecule has 0 spiro atoms. The lowest BCUT2D eigenvalue weighted by Crippen LogP contribution is -2.26. The second-order valence-corrected chi connectivity index (χ2v) is 7.10. The number of carbonyl (C=O) groups excluding carboxylic acids is 1. The van der Waals surface area contributed by atoms with Crippen LogP contribution >= 0.6 is 0 Å². The predicted octanol–water partition coefficient (Wildman–Crippen LogP) is 5.08. The van der Waals surface area contributed by atoms with Crippen LogP contribution in [0.3, 0.4) is 0 Å². The van der Waals surface area contributed by atoms with E-state index < -0.39 is 0 Å². The fourth-order valence-corrected chi connectivity index (χ4v) is 3.30. The van der Waals surface area contributed by atoms with E-state index in [4.69, 9.17) is 4.42 Å². The van der Waals surface area contributed by atoms with E-state index in [1.165, 1.54) is 6.07 Å². The summed E-state index contributed by atoms with van der Waals surface area (Å²) in [5.41, 5.74) is 2.45. The van der Waals surface area contributed by atoms with E-state index in [2.05, 4.69) is 10.3 Å². The van der Waals surface area contributed by atoms with Crippen LogP contribution in [-0.2, 0) is 11.2 Å². The molecule has 1 atom stereocenters. The Morgan fingerprint density at radius 1 is 1.13 bits per heavy atom. The third kappa shape index (κ3) is 4.49. The van der Waals surface area contributed by atoms with Gasteiger partial charge in [-0.1, -0.05) is 24.3 Å². The monoisotopic (exact) mass is 403 g/mol. The average molecular weight is 403 g/mol. The van der Waals surface area contributed by atoms with Crippen LogP contribution < -0.4 is 5.32 Å². The zero-order valence-corrected chi connectivity index (χ0v) is 16.6. The first-order valence-corrected chi connectivity index (χ1v) is 9.81. The minimum absolute atomic E-state index is 0.0648. The molecule has 1 N–H and O–H groups in total. The third-order valence-electron chi connectivity index (χ3n) is 4.97. The molecule has 1 unspecified atom stereocenters. The maximum Gasteiger partial charge on any atom is 0.220 e. The fraction of sp³-hybridized carbons (Fsp3) is 0.167. The van der Waals surface area contributed by atoms with Crippen molar-refractivity contribution in [1.82, 2.24) is 14.9 Å². The standard InChI is InChI=1S/C24H22FN3O2/c1-17(18-6-8-19(9-7-18)28-15-14-26-16-28)27-24(29)13-11-20-10-12-23(30-20)21-4-2-3-5-22(21)25/h2-10,12,14-17H,11,13H2,1H3,(H,27,29). The molecule has 0 bridgehead atoms. The number of imidazole rings is 1. The second-order valence-electron chi connectivity index (χ2n) is 7.10. The van der Waals surface area contributed by atoms with Crippen molar-refractivity contribution in [2.24, 2.45) is 0 Å². The Balaban J connectivity index is 1.31. The van der Waals surface area contributed by atoms with Crippen LogP contribution in [0.5, 0.6) is 0 Å². The lowest BCUT2D eigenvalue weighted by Gasteiger charge is -2.15. The van der Waals surface area contributed by atoms with Gasteiger partial charge < -0.3 is 14.3 Å². The van der Waals surface area contributed by atoms with E-state index in [1.54, 1.807) is 42.9 Å². The maximum absolute atomic E-state index is 13.9. The van der Waals surface area contributed by atoms with E-state index in [1.807, 2.05) is 42.0 Å². The average Bonchev–Trinajstić information content (AvgIpc) is 3.45. The van der Waals surface area contributed by atoms with Gasteiger partial charge in [0.05, 0.1) is 17.9 Å². The first-order chi connectivity index (χ1) is 14.6. The van der Waals surface area contributed by atoms with Gasteiger partial charge in [0, 0.05) is 30.9 Å². The molecular formula is C24H22FN3O2. The molecule has 0 aliphatic rings. The van der Waals surface area contributed by atoms with Crippen molar-refractivity contribution in [3.63, 3.8) is 0 Å². The Morgan fingerprint density at radius 2 is 1.93 bits per heavy atom. The Hall–Kier alpha value is -3.67. The molecule has 4 aromatic rings. The molecule has 6 heteroatoms. The normalized spacial score (nSPS) is 11.9. The summed E-state index contributed by atoms with van der Waals surface area (Å²) in [6.07, 6.45) is 6.10. The highest BCUT2D eigenvalue weighted by atomic mass is 19.1. The molecule has 4 rings (SSSR count). The van der Waals surface area contributed by atoms with Gasteiger partial charge in [-0.15, -0.1) is 0 Å². The minimum Gasteiger partial charge on any atom is -0.461 e. The second kappa shape index (κ2) is 8.78. The van der Waals surface area contributed by atoms with E-state index in [9.17, 15) is 9.18 Å². The highest BCUT2D eigenvalue weighted by Gasteiger charge is 2.13. The molecule has 0 radical (unpaired) electrons. The molecule has 152 valence electrons. The van der Waals surface area contributed by atoms with E-state index in [-0.39, 0.29) is 17.8 Å². The van der Waals surface area contributed by atoms with Gasteiger partial charge >= 0.3 is 0 Å². The number of halogens is 1. The highest BCUT2D eigenvalue weighted by Crippen LogP contribution is 2.25. The van der Waals surface area contributed by atoms with Gasteiger partial charge in [0.1, 0.15) is 17.3 Å². The molecule has 2 aromatic heterocycles. The number of amides is 1. The van der Waals surface area contributed by atoms with Gasteiger partial charge in [0.25, 0.3) is 0 Å². The summed E-state index contributed by atoms with van der Waals surface area (Å²) in [4.78, 5) is 16.4. The number of rotatable bonds is 7. The summed E-state index contributed by atoms with van der Waals surface area (Å²) >= 11 is 0. The molecule has 0 saturated carbocycles. The minimum atomic E-state index is -0.330. The summed E-state index contributed by atoms with van der Waals surface area (Å²) in [5, 5.41) is 3.01. The van der Waals surface area contributed by atoms with Crippen LogP contribution in [0.15, 0.2) is 83.8 Å². The van der Waals surface area contributed by atoms with E-state index >= 15 is 0 Å². The van der Waals surface area contributed by atoms with Crippen molar-refractivity contribution in [2.75, 3.05) is 0 Å². The molecule has 1 amide bonds. The van der Waals surface area contributed by atoms with Gasteiger partial charge in [-0.05, 0) is 48.9 Å². The zero-order valence-electron chi connectivity index (χ0n) is 16.6. The molecule has 0 aliphatic heterocycles. The summed E-state index contributed by atoms with van der Waals surface area (Å²) < 4.78 is 21.5. The van der Waals surface area contributed by atoms with Crippen LogP contribution in [0.25, 0.3) is 17.0 Å². The molecule has 0 fully saturated rings. The lowest BCUT2D eigenvalue weighted by molar-refractivity contribution is -0.121. The molecule has 5 nitrogen and oxygen atoms in total. The number of hydrogen-bond donors (Lipinski definition) is 1. The van der Waals surface area contributed by atoms with Gasteiger partial charge in [0.15, 0.2) is 0 Å². The summed E-state index contributed by atoms with van der Waals surface area (Å²) in [5.74, 6) is 0.727. The molecule has 2 aromatic carbocycles. The van der Waals surface area contributed by atoms with E-state index in [0.717, 1.165) is 11.3 Å². The number of aryl methyl sites for hydroxylation is 1. The molecule has 2 heterocycles. The number of furan rings is 1. The molecule has 30 heavy (non-hydrogen) atoms. The van der Waals surface area contributed by atoms with Crippen molar-refractivity contribution in [1.29, 1.82) is 0 Å². The zero-order chi connectivity index (χ0) is 20.9. The third-order valence-corrected chi connectivity index (χ3v) is 4.97. The lowest BCUT2D eigenvalue weighted by atomic mass is 10.1. The Bertz CT molecular complexity index is 1120. The molecular weight excluding hydrogens is 381 g/mol. The highest BCUT2D eigenvalue weighted by molar-refractivity contribution is 5.76. The van der Waals surface area contributed by atoms with Gasteiger partial charge in [-0.25, -0.2) is 9.37 Å². The van der Waals surface area contributed by atoms with Gasteiger partial charge in [-0.3, -0.25) is 4.79 Å². The summed E-state index contributed by atoms with van der Waals surface area (Å²) in [6.45, 7) is 1.95. The number of nitrogens with one attached hydrogen (secondary N) is 1. The first kappa shape index (κ1) is 19.6. The summed E-state index contributed by atoms with van der Waals surface area (Å²) in [6, 6.07) is 17.8. The van der Waals surface area contributed by atoms with Crippen molar-refractivity contribution in [3.8, 4) is 17.0 Å². The van der Waals surface area contributed by atoms with Crippen molar-refractivity contribution >= 4 is 5.91 Å². The summed E-state index contributed by atoms with van der Waals surface area (Å²) in [7, 11) is 0. The van der Waals surface area contributed by atoms with Crippen LogP contribution in [0.2, 0.25) is 0 Å². The quantitative estimate of drug-likeness (QED) is 0.468. The molecule has 0 aliphatic carbocycles. The van der Waals surface area contributed by atoms with Crippen molar-refractivity contribution < 1.29 is 13.6 Å². The number of benzene rings is 2. The Kier molecular flexibility index (Phi) is 5.75. The Labute approximate surface area is 174 Å². The largest absolute Gasteiger partial charge is 0.461 e. The van der Waals surface area contributed by atoms with Crippen LogP contribution in [0.1, 0.15) is 30.7 Å². The number of hydrogen-bond acceptors (Lipinski definition) is 3. The number of nitrogens with zero attached hydrogens (tertiary/aromatic N) is 2. The first-order valence-electron chi connectivity index (χ1n) is 9.81. The Morgan fingerprint density at radius 3 is 2.67 bits per heavy atom. The van der Waals surface area contributed by atoms with Crippen LogP contribution in [-0.4, -0.2) is 15.5 Å². The molecule has 0 saturated heterocycles. The topological polar surface area (TPSA) is 60.1 Å². The van der Waals surface area contributed by atoms with Gasteiger partial charge in [0.2, 0.25) is 5.91 Å². The fourth-order valence-electron chi connectivity index (χ4n) is 3.30. The van der Waals surface area contributed by atoms with Crippen molar-refractivity contribution in [2.45, 2.75) is 25.8 Å². The van der Waals surface area contributed by atoms with E-state index in [0.29, 0.717) is 29.9 Å². The SMILES string of the molecule is CC(NC(=O)CCc1ccc(-c2ccccc2F)o1)c1ccc(-n2ccnc2)cc1. The predicted molar refractivity (Wildman–Crippen MR) is 113 cm³/mol. The van der Waals surface area contributed by atoms with Crippen molar-refractivity contribution in [3.05, 3.63) is 96.5 Å². The van der Waals surface area contributed by atoms with Crippen LogP contribution in [0.4, 0.5) is 4.39 Å². The van der Waals surface area contributed by atoms with Gasteiger partial charge in [-0.2, -0.15) is 0 Å². The van der Waals surface area contributed by atoms with Crippen LogP contribution in [0, 0.1) is 5.82 Å². The smallest absolute Gasteiger partial charge is 0.220 e. The number of aromatic nitrogens is 2. The maximum atomic E-state index is 13.9.